The molecule has 0 spiro atoms. The summed E-state index contributed by atoms with van der Waals surface area (Å²) in [5, 5.41) is 0. The van der Waals surface area contributed by atoms with Crippen LogP contribution in [0.25, 0.3) is 0 Å². The summed E-state index contributed by atoms with van der Waals surface area (Å²) >= 11 is -1.80. The fourth-order valence-electron chi connectivity index (χ4n) is 7.68. The molecule has 0 radical (unpaired) electrons. The number of aryl methyl sites for hydroxylation is 3. The highest BCUT2D eigenvalue weighted by atomic mass is 32.2. The van der Waals surface area contributed by atoms with E-state index in [-0.39, 0.29) is 13.0 Å². The quantitative estimate of drug-likeness (QED) is 0.128. The van der Waals surface area contributed by atoms with Crippen LogP contribution in [0.1, 0.15) is 112 Å². The van der Waals surface area contributed by atoms with Crippen molar-refractivity contribution < 1.29 is 17.8 Å². The van der Waals surface area contributed by atoms with Gasteiger partial charge in [-0.15, -0.1) is 0 Å². The third kappa shape index (κ3) is 9.54. The van der Waals surface area contributed by atoms with Gasteiger partial charge >= 0.3 is 6.92 Å². The predicted molar refractivity (Wildman–Crippen MR) is 195 cm³/mol. The maximum absolute atomic E-state index is 14.3. The van der Waals surface area contributed by atoms with Gasteiger partial charge in [0.2, 0.25) is 0 Å². The smallest absolute Gasteiger partial charge is 0.368 e. The van der Waals surface area contributed by atoms with Crippen LogP contribution in [0.5, 0.6) is 5.75 Å². The summed E-state index contributed by atoms with van der Waals surface area (Å²) in [6.45, 7) is 10.8. The summed E-state index contributed by atoms with van der Waals surface area (Å²) in [7, 11) is 0. The van der Waals surface area contributed by atoms with Crippen LogP contribution in [0, 0.1) is 20.8 Å². The first-order valence-corrected chi connectivity index (χ1v) is 18.9. The molecule has 1 unspecified atom stereocenters. The van der Waals surface area contributed by atoms with Gasteiger partial charge in [-0.2, -0.15) is 8.51 Å². The monoisotopic (exact) mass is 655 g/mol. The van der Waals surface area contributed by atoms with Crippen LogP contribution in [0.2, 0.25) is 11.6 Å². The van der Waals surface area contributed by atoms with Gasteiger partial charge in [-0.25, -0.2) is 0 Å². The summed E-state index contributed by atoms with van der Waals surface area (Å²) in [6, 6.07) is 24.3. The molecule has 0 aromatic heterocycles. The van der Waals surface area contributed by atoms with E-state index in [0.29, 0.717) is 29.9 Å². The number of rotatable bonds is 14. The molecule has 2 fully saturated rings. The van der Waals surface area contributed by atoms with Crippen molar-refractivity contribution in [1.82, 2.24) is 4.31 Å². The van der Waals surface area contributed by atoms with Gasteiger partial charge in [0.25, 0.3) is 17.2 Å². The maximum atomic E-state index is 14.3. The van der Waals surface area contributed by atoms with Crippen molar-refractivity contribution in [1.29, 1.82) is 0 Å². The van der Waals surface area contributed by atoms with E-state index in [9.17, 15) is 4.21 Å². The van der Waals surface area contributed by atoms with Gasteiger partial charge < -0.3 is 13.6 Å². The van der Waals surface area contributed by atoms with Crippen molar-refractivity contribution in [2.75, 3.05) is 0 Å². The minimum Gasteiger partial charge on any atom is -0.536 e. The van der Waals surface area contributed by atoms with Crippen LogP contribution in [-0.2, 0) is 27.2 Å². The average molecular weight is 656 g/mol. The highest BCUT2D eigenvalue weighted by Crippen LogP contribution is 2.43. The molecule has 2 aliphatic rings. The zero-order chi connectivity index (χ0) is 33.2. The molecule has 0 saturated heterocycles. The summed E-state index contributed by atoms with van der Waals surface area (Å²) in [6.07, 6.45) is 14.3. The fraction of sp³-hybridized carbons (Fsp3) is 0.500. The first kappa shape index (κ1) is 35.3. The van der Waals surface area contributed by atoms with Crippen LogP contribution >= 0.6 is 0 Å². The maximum Gasteiger partial charge on any atom is 0.368 e. The van der Waals surface area contributed by atoms with E-state index >= 15 is 0 Å². The zero-order valence-corrected chi connectivity index (χ0v) is 30.0. The van der Waals surface area contributed by atoms with E-state index < -0.39 is 17.4 Å². The number of nitrogens with zero attached hydrogens (tertiary/aromatic N) is 1. The van der Waals surface area contributed by atoms with E-state index in [1.165, 1.54) is 64.2 Å². The van der Waals surface area contributed by atoms with Crippen LogP contribution in [0.4, 0.5) is 0 Å². The summed E-state index contributed by atoms with van der Waals surface area (Å²) < 4.78 is 36.5. The summed E-state index contributed by atoms with van der Waals surface area (Å²) in [5.74, 6) is 2.36. The first-order valence-electron chi connectivity index (χ1n) is 17.9. The Balaban J connectivity index is 1.45. The molecular weight excluding hydrogens is 601 g/mol. The van der Waals surface area contributed by atoms with Crippen LogP contribution < -0.4 is 4.18 Å². The molecule has 3 aromatic carbocycles. The first-order chi connectivity index (χ1) is 22.8. The molecule has 0 bridgehead atoms. The SMILES string of the molecule is C/C=C(/OB(C1CCCCC1)C1CCCCC1)O[C@H](c1ccccc1)[C@H](C)N(Cc1ccccc1)S(=O)Oc1c(C)cc(C)cc1C. The van der Waals surface area contributed by atoms with Gasteiger partial charge in [0.15, 0.2) is 0 Å². The third-order valence-corrected chi connectivity index (χ3v) is 11.3. The van der Waals surface area contributed by atoms with Gasteiger partial charge in [0.1, 0.15) is 11.9 Å². The molecule has 0 heterocycles. The standard InChI is InChI=1S/C40H54BNO4S/c1-6-38(45-41(36-23-15-9-16-24-36)37-25-17-10-18-26-37)44-40(35-21-13-8-14-22-35)33(5)42(29-34-19-11-7-12-20-34)47(43)46-39-31(3)27-30(2)28-32(39)4/h6-8,11-14,19-22,27-28,33,36-37,40H,9-10,15-18,23-26,29H2,1-5H3/b38-6+/t33-,40-,47?/m0/s1. The molecule has 7 heteroatoms. The number of allylic oxidation sites excluding steroid dienone is 1. The lowest BCUT2D eigenvalue weighted by Gasteiger charge is -2.37. The Hall–Kier alpha value is -3.03. The largest absolute Gasteiger partial charge is 0.536 e. The van der Waals surface area contributed by atoms with Crippen molar-refractivity contribution in [3.8, 4) is 5.75 Å². The molecule has 0 N–H and O–H groups in total. The number of ether oxygens (including phenoxy) is 1. The Morgan fingerprint density at radius 3 is 1.91 bits per heavy atom. The molecule has 252 valence electrons. The molecule has 3 aromatic rings. The molecule has 5 nitrogen and oxygen atoms in total. The Bertz CT molecular complexity index is 1410. The fourth-order valence-corrected chi connectivity index (χ4v) is 8.82. The van der Waals surface area contributed by atoms with E-state index in [1.807, 2.05) is 67.6 Å². The van der Waals surface area contributed by atoms with Crippen molar-refractivity contribution in [2.45, 2.75) is 129 Å². The molecule has 2 saturated carbocycles. The second kappa shape index (κ2) is 17.4. The van der Waals surface area contributed by atoms with Crippen LogP contribution in [-0.4, -0.2) is 21.5 Å². The second-order valence-electron chi connectivity index (χ2n) is 13.8. The third-order valence-electron chi connectivity index (χ3n) is 10.1. The minimum absolute atomic E-state index is 0.166. The van der Waals surface area contributed by atoms with Gasteiger partial charge in [0.05, 0.1) is 6.04 Å². The Kier molecular flexibility index (Phi) is 13.1. The predicted octanol–water partition coefficient (Wildman–Crippen LogP) is 10.8. The highest BCUT2D eigenvalue weighted by molar-refractivity contribution is 7.78. The highest BCUT2D eigenvalue weighted by Gasteiger charge is 2.40. The van der Waals surface area contributed by atoms with Gasteiger partial charge in [-0.1, -0.05) is 143 Å². The van der Waals surface area contributed by atoms with Crippen molar-refractivity contribution in [3.05, 3.63) is 113 Å². The second-order valence-corrected chi connectivity index (χ2v) is 14.8. The van der Waals surface area contributed by atoms with Gasteiger partial charge in [-0.05, 0) is 74.6 Å². The zero-order valence-electron chi connectivity index (χ0n) is 29.2. The Morgan fingerprint density at radius 2 is 1.38 bits per heavy atom. The van der Waals surface area contributed by atoms with Crippen LogP contribution in [0.15, 0.2) is 84.8 Å². The van der Waals surface area contributed by atoms with Crippen molar-refractivity contribution in [3.63, 3.8) is 0 Å². The lowest BCUT2D eigenvalue weighted by Crippen LogP contribution is -2.41. The van der Waals surface area contributed by atoms with Crippen molar-refractivity contribution >= 4 is 18.2 Å². The lowest BCUT2D eigenvalue weighted by molar-refractivity contribution is 0.00121. The van der Waals surface area contributed by atoms with E-state index in [4.69, 9.17) is 13.6 Å². The summed E-state index contributed by atoms with van der Waals surface area (Å²) in [5.41, 5.74) is 5.16. The summed E-state index contributed by atoms with van der Waals surface area (Å²) in [4.78, 5) is 0. The lowest BCUT2D eigenvalue weighted by atomic mass is 9.42. The van der Waals surface area contributed by atoms with Crippen molar-refractivity contribution in [2.24, 2.45) is 0 Å². The van der Waals surface area contributed by atoms with Gasteiger partial charge in [0, 0.05) is 6.54 Å². The number of benzene rings is 3. The normalized spacial score (nSPS) is 18.4. The molecule has 47 heavy (non-hydrogen) atoms. The minimum atomic E-state index is -1.80. The van der Waals surface area contributed by atoms with E-state index in [2.05, 4.69) is 50.2 Å². The Morgan fingerprint density at radius 1 is 0.851 bits per heavy atom. The van der Waals surface area contributed by atoms with E-state index in [0.717, 1.165) is 27.8 Å². The average Bonchev–Trinajstić information content (AvgIpc) is 3.10. The Labute approximate surface area is 287 Å². The van der Waals surface area contributed by atoms with Gasteiger partial charge in [-0.3, -0.25) is 0 Å². The molecule has 5 rings (SSSR count). The molecular formula is C40H54BNO4S. The van der Waals surface area contributed by atoms with Crippen LogP contribution in [0.3, 0.4) is 0 Å². The number of hydrogen-bond donors (Lipinski definition) is 0. The molecule has 0 amide bonds. The number of hydrogen-bond acceptors (Lipinski definition) is 4. The molecule has 3 atom stereocenters. The molecule has 2 aliphatic carbocycles. The topological polar surface area (TPSA) is 48.0 Å². The van der Waals surface area contributed by atoms with E-state index in [1.54, 1.807) is 0 Å². The molecule has 0 aliphatic heterocycles.